The zero-order valence-electron chi connectivity index (χ0n) is 10.7. The van der Waals surface area contributed by atoms with E-state index in [1.54, 1.807) is 0 Å². The fraction of sp³-hybridized carbons (Fsp3) is 0.176. The average molecular weight is 222 g/mol. The number of benzene rings is 2. The monoisotopic (exact) mass is 222 g/mol. The van der Waals surface area contributed by atoms with Crippen LogP contribution in [0.4, 0.5) is 0 Å². The number of fused-ring (bicyclic) bond motifs is 1. The summed E-state index contributed by atoms with van der Waals surface area (Å²) >= 11 is 0. The van der Waals surface area contributed by atoms with E-state index in [-0.39, 0.29) is 0 Å². The van der Waals surface area contributed by atoms with Crippen LogP contribution in [-0.2, 0) is 0 Å². The second kappa shape index (κ2) is 4.58. The van der Waals surface area contributed by atoms with Crippen LogP contribution in [0.25, 0.3) is 22.9 Å². The Kier molecular flexibility index (Phi) is 3.14. The molecule has 0 atom stereocenters. The molecule has 0 aliphatic heterocycles. The van der Waals surface area contributed by atoms with Gasteiger partial charge in [0.1, 0.15) is 0 Å². The van der Waals surface area contributed by atoms with E-state index in [0.29, 0.717) is 0 Å². The van der Waals surface area contributed by atoms with Crippen molar-refractivity contribution in [3.8, 4) is 0 Å². The molecular formula is C17H18. The summed E-state index contributed by atoms with van der Waals surface area (Å²) in [5.74, 6) is 0. The Labute approximate surface area is 103 Å². The summed E-state index contributed by atoms with van der Waals surface area (Å²) in [4.78, 5) is 0. The molecule has 0 N–H and O–H groups in total. The van der Waals surface area contributed by atoms with Crippen LogP contribution >= 0.6 is 0 Å². The minimum Gasteiger partial charge on any atom is -0.0984 e. The number of allylic oxidation sites excluding steroid dienone is 1. The molecule has 0 spiro atoms. The molecule has 0 radical (unpaired) electrons. The van der Waals surface area contributed by atoms with Crippen molar-refractivity contribution in [1.82, 2.24) is 0 Å². The summed E-state index contributed by atoms with van der Waals surface area (Å²) in [7, 11) is 0. The molecule has 0 heteroatoms. The molecule has 0 saturated carbocycles. The zero-order valence-corrected chi connectivity index (χ0v) is 10.7. The van der Waals surface area contributed by atoms with Crippen molar-refractivity contribution >= 4 is 22.9 Å². The second-order valence-corrected chi connectivity index (χ2v) is 4.38. The SMILES string of the molecule is C=Cc1c(/C=C\C)cc2cccc(C)c2c1C. The van der Waals surface area contributed by atoms with E-state index in [1.807, 2.05) is 13.0 Å². The zero-order chi connectivity index (χ0) is 12.4. The molecule has 0 saturated heterocycles. The fourth-order valence-corrected chi connectivity index (χ4v) is 2.51. The van der Waals surface area contributed by atoms with Crippen LogP contribution in [-0.4, -0.2) is 0 Å². The van der Waals surface area contributed by atoms with Crippen molar-refractivity contribution in [2.75, 3.05) is 0 Å². The maximum absolute atomic E-state index is 3.94. The minimum atomic E-state index is 1.24. The van der Waals surface area contributed by atoms with Gasteiger partial charge >= 0.3 is 0 Å². The highest BCUT2D eigenvalue weighted by Gasteiger charge is 2.07. The molecule has 0 aliphatic rings. The Balaban J connectivity index is 2.92. The first-order valence-electron chi connectivity index (χ1n) is 5.97. The summed E-state index contributed by atoms with van der Waals surface area (Å²) < 4.78 is 0. The Morgan fingerprint density at radius 3 is 2.59 bits per heavy atom. The molecule has 86 valence electrons. The Hall–Kier alpha value is -1.82. The molecule has 0 aliphatic carbocycles. The van der Waals surface area contributed by atoms with Crippen LogP contribution in [0.15, 0.2) is 36.9 Å². The second-order valence-electron chi connectivity index (χ2n) is 4.38. The Morgan fingerprint density at radius 1 is 1.18 bits per heavy atom. The first-order chi connectivity index (χ1) is 8.19. The summed E-state index contributed by atoms with van der Waals surface area (Å²) in [5, 5.41) is 2.66. The van der Waals surface area contributed by atoms with Crippen LogP contribution in [0.2, 0.25) is 0 Å². The van der Waals surface area contributed by atoms with Crippen LogP contribution in [0.1, 0.15) is 29.2 Å². The summed E-state index contributed by atoms with van der Waals surface area (Å²) in [6.45, 7) is 10.3. The maximum atomic E-state index is 3.94. The van der Waals surface area contributed by atoms with Gasteiger partial charge in [0, 0.05) is 0 Å². The van der Waals surface area contributed by atoms with Gasteiger partial charge in [-0.05, 0) is 59.9 Å². The molecule has 17 heavy (non-hydrogen) atoms. The largest absolute Gasteiger partial charge is 0.0984 e. The highest BCUT2D eigenvalue weighted by molar-refractivity contribution is 5.94. The quantitative estimate of drug-likeness (QED) is 0.660. The van der Waals surface area contributed by atoms with Crippen molar-refractivity contribution in [2.24, 2.45) is 0 Å². The number of hydrogen-bond acceptors (Lipinski definition) is 0. The lowest BCUT2D eigenvalue weighted by Gasteiger charge is -2.12. The van der Waals surface area contributed by atoms with Crippen molar-refractivity contribution < 1.29 is 0 Å². The van der Waals surface area contributed by atoms with E-state index >= 15 is 0 Å². The van der Waals surface area contributed by atoms with Crippen molar-refractivity contribution in [2.45, 2.75) is 20.8 Å². The minimum absolute atomic E-state index is 1.24. The molecule has 2 aromatic rings. The molecule has 2 rings (SSSR count). The molecule has 0 unspecified atom stereocenters. The van der Waals surface area contributed by atoms with Gasteiger partial charge in [0.2, 0.25) is 0 Å². The lowest BCUT2D eigenvalue weighted by molar-refractivity contribution is 1.43. The van der Waals surface area contributed by atoms with Gasteiger partial charge in [-0.15, -0.1) is 0 Å². The van der Waals surface area contributed by atoms with E-state index in [9.17, 15) is 0 Å². The van der Waals surface area contributed by atoms with Crippen molar-refractivity contribution in [3.05, 3.63) is 59.2 Å². The van der Waals surface area contributed by atoms with Gasteiger partial charge in [0.05, 0.1) is 0 Å². The maximum Gasteiger partial charge on any atom is -0.0119 e. The first kappa shape index (κ1) is 11.7. The lowest BCUT2D eigenvalue weighted by atomic mass is 9.92. The Bertz CT molecular complexity index is 601. The van der Waals surface area contributed by atoms with E-state index in [1.165, 1.54) is 33.0 Å². The lowest BCUT2D eigenvalue weighted by Crippen LogP contribution is -1.91. The van der Waals surface area contributed by atoms with E-state index in [2.05, 4.69) is 56.8 Å². The third-order valence-electron chi connectivity index (χ3n) is 3.26. The van der Waals surface area contributed by atoms with Gasteiger partial charge in [-0.3, -0.25) is 0 Å². The van der Waals surface area contributed by atoms with E-state index in [0.717, 1.165) is 0 Å². The average Bonchev–Trinajstić information content (AvgIpc) is 2.29. The van der Waals surface area contributed by atoms with Gasteiger partial charge in [-0.25, -0.2) is 0 Å². The van der Waals surface area contributed by atoms with Gasteiger partial charge in [-0.2, -0.15) is 0 Å². The van der Waals surface area contributed by atoms with E-state index in [4.69, 9.17) is 0 Å². The van der Waals surface area contributed by atoms with Crippen LogP contribution in [0.5, 0.6) is 0 Å². The normalized spacial score (nSPS) is 11.2. The standard InChI is InChI=1S/C17H18/c1-5-8-14-11-15-10-7-9-12(3)17(15)13(4)16(14)6-2/h5-11H,2H2,1,3-4H3/b8-5-. The highest BCUT2D eigenvalue weighted by atomic mass is 14.1. The molecule has 0 fully saturated rings. The van der Waals surface area contributed by atoms with Crippen molar-refractivity contribution in [3.63, 3.8) is 0 Å². The number of aryl methyl sites for hydroxylation is 2. The summed E-state index contributed by atoms with van der Waals surface area (Å²) in [5.41, 5.74) is 5.14. The van der Waals surface area contributed by atoms with Crippen molar-refractivity contribution in [1.29, 1.82) is 0 Å². The molecule has 0 heterocycles. The molecule has 2 aromatic carbocycles. The van der Waals surface area contributed by atoms with Gasteiger partial charge in [0.25, 0.3) is 0 Å². The molecule has 0 nitrogen and oxygen atoms in total. The third kappa shape index (κ3) is 1.91. The van der Waals surface area contributed by atoms with Gasteiger partial charge in [-0.1, -0.05) is 43.0 Å². The summed E-state index contributed by atoms with van der Waals surface area (Å²) in [6, 6.07) is 8.70. The third-order valence-corrected chi connectivity index (χ3v) is 3.26. The Morgan fingerprint density at radius 2 is 1.94 bits per heavy atom. The first-order valence-corrected chi connectivity index (χ1v) is 5.97. The van der Waals surface area contributed by atoms with Crippen LogP contribution in [0, 0.1) is 13.8 Å². The number of hydrogen-bond donors (Lipinski definition) is 0. The molecule has 0 aromatic heterocycles. The highest BCUT2D eigenvalue weighted by Crippen LogP contribution is 2.29. The fourth-order valence-electron chi connectivity index (χ4n) is 2.51. The van der Waals surface area contributed by atoms with Crippen LogP contribution in [0.3, 0.4) is 0 Å². The predicted octanol–water partition coefficient (Wildman–Crippen LogP) is 5.13. The van der Waals surface area contributed by atoms with Gasteiger partial charge in [0.15, 0.2) is 0 Å². The topological polar surface area (TPSA) is 0 Å². The van der Waals surface area contributed by atoms with E-state index < -0.39 is 0 Å². The number of rotatable bonds is 2. The smallest absolute Gasteiger partial charge is 0.0119 e. The van der Waals surface area contributed by atoms with Gasteiger partial charge < -0.3 is 0 Å². The molecule has 0 bridgehead atoms. The molecule has 0 amide bonds. The summed E-state index contributed by atoms with van der Waals surface area (Å²) in [6.07, 6.45) is 6.17. The predicted molar refractivity (Wildman–Crippen MR) is 78.2 cm³/mol. The molecular weight excluding hydrogens is 204 g/mol. The van der Waals surface area contributed by atoms with Crippen LogP contribution < -0.4 is 0 Å².